The summed E-state index contributed by atoms with van der Waals surface area (Å²) in [4.78, 5) is 16.7. The van der Waals surface area contributed by atoms with Crippen molar-refractivity contribution in [3.05, 3.63) is 24.3 Å². The minimum absolute atomic E-state index is 0.131. The first-order valence-corrected chi connectivity index (χ1v) is 8.65. The molecule has 0 radical (unpaired) electrons. The van der Waals surface area contributed by atoms with Gasteiger partial charge >= 0.3 is 0 Å². The fourth-order valence-corrected chi connectivity index (χ4v) is 3.51. The number of aliphatic hydroxyl groups excluding tert-OH is 1. The molecule has 1 amide bonds. The summed E-state index contributed by atoms with van der Waals surface area (Å²) in [5.41, 5.74) is 2.16. The summed E-state index contributed by atoms with van der Waals surface area (Å²) >= 11 is 0. The lowest BCUT2D eigenvalue weighted by Crippen LogP contribution is -2.38. The highest BCUT2D eigenvalue weighted by molar-refractivity contribution is 5.88. The zero-order valence-corrected chi connectivity index (χ0v) is 14.0. The van der Waals surface area contributed by atoms with Crippen molar-refractivity contribution in [1.29, 1.82) is 0 Å². The van der Waals surface area contributed by atoms with Crippen LogP contribution in [-0.2, 0) is 4.79 Å². The Bertz CT molecular complexity index is 553. The maximum atomic E-state index is 12.5. The van der Waals surface area contributed by atoms with Gasteiger partial charge in [0.25, 0.3) is 0 Å². The normalized spacial score (nSPS) is 23.0. The minimum atomic E-state index is -0.178. The number of benzene rings is 1. The van der Waals surface area contributed by atoms with Crippen LogP contribution in [0.3, 0.4) is 0 Å². The number of nitrogens with one attached hydrogen (secondary N) is 1. The molecule has 23 heavy (non-hydrogen) atoms. The van der Waals surface area contributed by atoms with Gasteiger partial charge in [0.1, 0.15) is 6.04 Å². The zero-order valence-electron chi connectivity index (χ0n) is 14.0. The van der Waals surface area contributed by atoms with Crippen LogP contribution >= 0.6 is 0 Å². The summed E-state index contributed by atoms with van der Waals surface area (Å²) in [7, 11) is 0. The first kappa shape index (κ1) is 16.1. The van der Waals surface area contributed by atoms with Crippen molar-refractivity contribution >= 4 is 17.3 Å². The molecule has 0 saturated carbocycles. The lowest BCUT2D eigenvalue weighted by Gasteiger charge is -2.33. The highest BCUT2D eigenvalue weighted by Crippen LogP contribution is 2.30. The Morgan fingerprint density at radius 1 is 1.13 bits per heavy atom. The molecule has 1 aromatic carbocycles. The fourth-order valence-electron chi connectivity index (χ4n) is 3.51. The van der Waals surface area contributed by atoms with Gasteiger partial charge in [0.2, 0.25) is 5.91 Å². The zero-order chi connectivity index (χ0) is 16.4. The summed E-state index contributed by atoms with van der Waals surface area (Å²) in [5, 5.41) is 13.2. The van der Waals surface area contributed by atoms with Crippen LogP contribution in [0.25, 0.3) is 0 Å². The third-order valence-corrected chi connectivity index (χ3v) is 4.90. The molecule has 2 fully saturated rings. The van der Waals surface area contributed by atoms with E-state index in [1.165, 1.54) is 0 Å². The Labute approximate surface area is 138 Å². The molecule has 0 aromatic heterocycles. The van der Waals surface area contributed by atoms with E-state index < -0.39 is 0 Å². The summed E-state index contributed by atoms with van der Waals surface area (Å²) in [5.74, 6) is 0.198. The van der Waals surface area contributed by atoms with Gasteiger partial charge in [0.15, 0.2) is 0 Å². The van der Waals surface area contributed by atoms with Gasteiger partial charge in [-0.25, -0.2) is 0 Å². The van der Waals surface area contributed by atoms with Crippen LogP contribution in [0.1, 0.15) is 33.1 Å². The number of para-hydroxylation sites is 2. The number of hydrogen-bond donors (Lipinski definition) is 2. The largest absolute Gasteiger partial charge is 0.393 e. The molecule has 2 aliphatic heterocycles. The van der Waals surface area contributed by atoms with Crippen LogP contribution in [0.15, 0.2) is 24.3 Å². The average molecular weight is 317 g/mol. The van der Waals surface area contributed by atoms with Gasteiger partial charge in [0, 0.05) is 25.7 Å². The molecule has 2 saturated heterocycles. The number of hydrogen-bond acceptors (Lipinski definition) is 4. The van der Waals surface area contributed by atoms with E-state index in [4.69, 9.17) is 0 Å². The van der Waals surface area contributed by atoms with Crippen LogP contribution in [-0.4, -0.2) is 53.7 Å². The van der Waals surface area contributed by atoms with Crippen molar-refractivity contribution in [2.75, 3.05) is 29.9 Å². The first-order chi connectivity index (χ1) is 11.1. The predicted octanol–water partition coefficient (Wildman–Crippen LogP) is 2.07. The molecule has 0 spiro atoms. The molecule has 2 aliphatic rings. The molecular formula is C18H27N3O2. The Hall–Kier alpha value is -1.75. The second kappa shape index (κ2) is 6.79. The van der Waals surface area contributed by atoms with Gasteiger partial charge in [-0.05, 0) is 45.2 Å². The van der Waals surface area contributed by atoms with Crippen LogP contribution < -0.4 is 10.2 Å². The lowest BCUT2D eigenvalue weighted by molar-refractivity contribution is -0.129. The highest BCUT2D eigenvalue weighted by Gasteiger charge is 2.33. The Kier molecular flexibility index (Phi) is 4.76. The fraction of sp³-hybridized carbons (Fsp3) is 0.611. The Morgan fingerprint density at radius 3 is 2.48 bits per heavy atom. The van der Waals surface area contributed by atoms with E-state index in [1.54, 1.807) is 0 Å². The molecule has 2 heterocycles. The third-order valence-electron chi connectivity index (χ3n) is 4.90. The molecule has 1 unspecified atom stereocenters. The SMILES string of the molecule is CC(C)N1CCC(Nc2ccccc2N2CCC(O)CC2)C1=O. The highest BCUT2D eigenvalue weighted by atomic mass is 16.3. The summed E-state index contributed by atoms with van der Waals surface area (Å²) in [6.45, 7) is 6.67. The maximum Gasteiger partial charge on any atom is 0.245 e. The standard InChI is InChI=1S/C18H27N3O2/c1-13(2)21-12-9-16(18(21)23)19-15-5-3-4-6-17(15)20-10-7-14(22)8-11-20/h3-6,13-14,16,19,22H,7-12H2,1-2H3. The van der Waals surface area contributed by atoms with Crippen molar-refractivity contribution in [2.24, 2.45) is 0 Å². The van der Waals surface area contributed by atoms with Crippen molar-refractivity contribution in [3.63, 3.8) is 0 Å². The molecule has 3 rings (SSSR count). The maximum absolute atomic E-state index is 12.5. The van der Waals surface area contributed by atoms with E-state index in [1.807, 2.05) is 23.1 Å². The number of likely N-dealkylation sites (tertiary alicyclic amines) is 1. The Balaban J connectivity index is 1.73. The van der Waals surface area contributed by atoms with Gasteiger partial charge < -0.3 is 20.2 Å². The number of carbonyl (C=O) groups is 1. The molecule has 1 atom stereocenters. The molecule has 1 aromatic rings. The number of nitrogens with zero attached hydrogens (tertiary/aromatic N) is 2. The van der Waals surface area contributed by atoms with Gasteiger partial charge in [-0.1, -0.05) is 12.1 Å². The van der Waals surface area contributed by atoms with Crippen LogP contribution in [0, 0.1) is 0 Å². The minimum Gasteiger partial charge on any atom is -0.393 e. The lowest BCUT2D eigenvalue weighted by atomic mass is 10.1. The molecular weight excluding hydrogens is 290 g/mol. The van der Waals surface area contributed by atoms with E-state index in [0.717, 1.165) is 50.3 Å². The van der Waals surface area contributed by atoms with Gasteiger partial charge in [-0.3, -0.25) is 4.79 Å². The topological polar surface area (TPSA) is 55.8 Å². The van der Waals surface area contributed by atoms with Gasteiger partial charge in [0.05, 0.1) is 17.5 Å². The first-order valence-electron chi connectivity index (χ1n) is 8.65. The van der Waals surface area contributed by atoms with Crippen molar-refractivity contribution in [1.82, 2.24) is 4.90 Å². The molecule has 5 nitrogen and oxygen atoms in total. The van der Waals surface area contributed by atoms with Crippen LogP contribution in [0.2, 0.25) is 0 Å². The monoisotopic (exact) mass is 317 g/mol. The summed E-state index contributed by atoms with van der Waals surface area (Å²) < 4.78 is 0. The quantitative estimate of drug-likeness (QED) is 0.892. The van der Waals surface area contributed by atoms with E-state index in [0.29, 0.717) is 0 Å². The van der Waals surface area contributed by atoms with E-state index >= 15 is 0 Å². The third kappa shape index (κ3) is 3.44. The molecule has 5 heteroatoms. The molecule has 0 bridgehead atoms. The molecule has 2 N–H and O–H groups in total. The Morgan fingerprint density at radius 2 is 1.83 bits per heavy atom. The number of carbonyl (C=O) groups excluding carboxylic acids is 1. The summed E-state index contributed by atoms with van der Waals surface area (Å²) in [6.07, 6.45) is 2.28. The van der Waals surface area contributed by atoms with Crippen molar-refractivity contribution < 1.29 is 9.90 Å². The number of aliphatic hydroxyl groups is 1. The number of piperidine rings is 1. The van der Waals surface area contributed by atoms with Gasteiger partial charge in [-0.2, -0.15) is 0 Å². The van der Waals surface area contributed by atoms with E-state index in [2.05, 4.69) is 30.1 Å². The van der Waals surface area contributed by atoms with Crippen LogP contribution in [0.5, 0.6) is 0 Å². The van der Waals surface area contributed by atoms with Crippen LogP contribution in [0.4, 0.5) is 11.4 Å². The van der Waals surface area contributed by atoms with Crippen molar-refractivity contribution in [3.8, 4) is 0 Å². The van der Waals surface area contributed by atoms with Gasteiger partial charge in [-0.15, -0.1) is 0 Å². The smallest absolute Gasteiger partial charge is 0.245 e. The number of amides is 1. The van der Waals surface area contributed by atoms with E-state index in [9.17, 15) is 9.90 Å². The average Bonchev–Trinajstić information content (AvgIpc) is 2.90. The predicted molar refractivity (Wildman–Crippen MR) is 92.8 cm³/mol. The molecule has 0 aliphatic carbocycles. The molecule has 126 valence electrons. The number of anilines is 2. The van der Waals surface area contributed by atoms with Crippen molar-refractivity contribution in [2.45, 2.75) is 51.3 Å². The second-order valence-corrected chi connectivity index (χ2v) is 6.85. The summed E-state index contributed by atoms with van der Waals surface area (Å²) in [6, 6.07) is 8.31. The second-order valence-electron chi connectivity index (χ2n) is 6.85. The van der Waals surface area contributed by atoms with E-state index in [-0.39, 0.29) is 24.1 Å². The number of rotatable bonds is 4.